The molecule has 7 heteroatoms. The number of amides is 4. The molecule has 1 aromatic rings. The topological polar surface area (TPSA) is 95.7 Å². The van der Waals surface area contributed by atoms with Crippen molar-refractivity contribution < 1.29 is 14.4 Å². The molecule has 3 rings (SSSR count). The first-order chi connectivity index (χ1) is 11.3. The molecule has 4 amide bonds. The van der Waals surface area contributed by atoms with E-state index in [1.807, 2.05) is 31.2 Å². The van der Waals surface area contributed by atoms with E-state index in [-0.39, 0.29) is 18.5 Å². The molecule has 0 aliphatic carbocycles. The molecule has 2 saturated heterocycles. The Balaban J connectivity index is 1.76. The zero-order valence-electron chi connectivity index (χ0n) is 13.9. The van der Waals surface area contributed by atoms with Crippen LogP contribution in [0.15, 0.2) is 24.3 Å². The van der Waals surface area contributed by atoms with Crippen molar-refractivity contribution in [3.63, 3.8) is 0 Å². The molecule has 3 N–H and O–H groups in total. The molecule has 0 bridgehead atoms. The molecule has 2 aliphatic heterocycles. The molecule has 1 aromatic carbocycles. The number of nitrogens with two attached hydrogens (primary N) is 1. The first kappa shape index (κ1) is 16.4. The highest BCUT2D eigenvalue weighted by Gasteiger charge is 2.49. The van der Waals surface area contributed by atoms with Gasteiger partial charge in [-0.05, 0) is 25.8 Å². The Morgan fingerprint density at radius 2 is 2.00 bits per heavy atom. The monoisotopic (exact) mass is 330 g/mol. The molecule has 0 aromatic heterocycles. The summed E-state index contributed by atoms with van der Waals surface area (Å²) in [6, 6.07) is 6.84. The summed E-state index contributed by atoms with van der Waals surface area (Å²) in [5, 5.41) is 2.71. The smallest absolute Gasteiger partial charge is 0.325 e. The van der Waals surface area contributed by atoms with Crippen LogP contribution in [0, 0.1) is 6.92 Å². The van der Waals surface area contributed by atoms with Gasteiger partial charge >= 0.3 is 6.03 Å². The number of urea groups is 1. The number of benzene rings is 1. The zero-order chi connectivity index (χ0) is 17.5. The molecular weight excluding hydrogens is 308 g/mol. The first-order valence-corrected chi connectivity index (χ1v) is 8.06. The van der Waals surface area contributed by atoms with Crippen LogP contribution in [0.3, 0.4) is 0 Å². The van der Waals surface area contributed by atoms with Crippen LogP contribution in [0.2, 0.25) is 0 Å². The van der Waals surface area contributed by atoms with Crippen LogP contribution in [0.25, 0.3) is 0 Å². The normalized spacial score (nSPS) is 26.9. The number of rotatable bonds is 3. The Morgan fingerprint density at radius 1 is 1.33 bits per heavy atom. The fraction of sp³-hybridized carbons (Fsp3) is 0.471. The van der Waals surface area contributed by atoms with E-state index in [9.17, 15) is 14.4 Å². The molecule has 1 unspecified atom stereocenters. The quantitative estimate of drug-likeness (QED) is 0.780. The molecule has 24 heavy (non-hydrogen) atoms. The minimum atomic E-state index is -1.15. The molecule has 0 radical (unpaired) electrons. The number of hydrogen-bond donors (Lipinski definition) is 2. The summed E-state index contributed by atoms with van der Waals surface area (Å²) in [6.07, 6.45) is 0.743. The van der Waals surface area contributed by atoms with Crippen LogP contribution in [-0.4, -0.2) is 53.3 Å². The van der Waals surface area contributed by atoms with E-state index in [1.165, 1.54) is 0 Å². The minimum Gasteiger partial charge on any atom is -0.340 e. The van der Waals surface area contributed by atoms with Gasteiger partial charge in [0.2, 0.25) is 5.91 Å². The number of nitrogens with zero attached hydrogens (tertiary/aromatic N) is 2. The Bertz CT molecular complexity index is 688. The molecule has 2 aliphatic rings. The number of nitrogens with one attached hydrogen (secondary N) is 1. The van der Waals surface area contributed by atoms with Gasteiger partial charge in [-0.1, -0.05) is 29.8 Å². The summed E-state index contributed by atoms with van der Waals surface area (Å²) in [4.78, 5) is 40.0. The number of likely N-dealkylation sites (tertiary alicyclic amines) is 1. The van der Waals surface area contributed by atoms with E-state index in [0.717, 1.165) is 16.9 Å². The molecule has 0 saturated carbocycles. The Kier molecular flexibility index (Phi) is 4.04. The summed E-state index contributed by atoms with van der Waals surface area (Å²) < 4.78 is 0. The van der Waals surface area contributed by atoms with Crippen LogP contribution >= 0.6 is 0 Å². The van der Waals surface area contributed by atoms with E-state index < -0.39 is 17.5 Å². The molecule has 0 spiro atoms. The second-order valence-electron chi connectivity index (χ2n) is 6.70. The summed E-state index contributed by atoms with van der Waals surface area (Å²) in [7, 11) is 0. The van der Waals surface area contributed by atoms with Gasteiger partial charge in [0, 0.05) is 19.1 Å². The van der Waals surface area contributed by atoms with Crippen molar-refractivity contribution in [1.82, 2.24) is 15.1 Å². The van der Waals surface area contributed by atoms with Gasteiger partial charge in [-0.25, -0.2) is 4.79 Å². The summed E-state index contributed by atoms with van der Waals surface area (Å²) in [5.41, 5.74) is 6.42. The number of imide groups is 1. The van der Waals surface area contributed by atoms with Crippen LogP contribution in [-0.2, 0) is 15.1 Å². The van der Waals surface area contributed by atoms with Gasteiger partial charge in [0.25, 0.3) is 5.91 Å². The fourth-order valence-corrected chi connectivity index (χ4v) is 3.17. The summed E-state index contributed by atoms with van der Waals surface area (Å²) in [6.45, 7) is 4.40. The molecule has 2 atom stereocenters. The summed E-state index contributed by atoms with van der Waals surface area (Å²) in [5.74, 6) is -0.659. The number of carbonyl (C=O) groups excluding carboxylic acids is 3. The predicted molar refractivity (Wildman–Crippen MR) is 87.9 cm³/mol. The lowest BCUT2D eigenvalue weighted by molar-refractivity contribution is -0.138. The lowest BCUT2D eigenvalue weighted by atomic mass is 9.91. The van der Waals surface area contributed by atoms with E-state index >= 15 is 0 Å². The van der Waals surface area contributed by atoms with E-state index in [2.05, 4.69) is 5.32 Å². The molecular formula is C17H22N4O3. The average molecular weight is 330 g/mol. The third-order valence-corrected chi connectivity index (χ3v) is 4.77. The standard InChI is InChI=1S/C17H22N4O3/c1-11-3-5-12(6-4-11)17(2)15(23)21(16(24)19-17)10-14(22)20-8-7-13(18)9-20/h3-6,13H,7-10,18H2,1-2H3,(H,19,24)/t13-,17?/m1/s1. The highest BCUT2D eigenvalue weighted by molar-refractivity contribution is 6.09. The van der Waals surface area contributed by atoms with E-state index in [1.54, 1.807) is 11.8 Å². The number of hydrogen-bond acceptors (Lipinski definition) is 4. The molecule has 7 nitrogen and oxygen atoms in total. The van der Waals surface area contributed by atoms with Crippen molar-refractivity contribution >= 4 is 17.8 Å². The zero-order valence-corrected chi connectivity index (χ0v) is 13.9. The maximum Gasteiger partial charge on any atom is 0.325 e. The maximum absolute atomic E-state index is 12.8. The highest BCUT2D eigenvalue weighted by Crippen LogP contribution is 2.29. The van der Waals surface area contributed by atoms with Crippen LogP contribution in [0.4, 0.5) is 4.79 Å². The van der Waals surface area contributed by atoms with E-state index in [0.29, 0.717) is 18.7 Å². The fourth-order valence-electron chi connectivity index (χ4n) is 3.17. The Hall–Kier alpha value is -2.41. The summed E-state index contributed by atoms with van der Waals surface area (Å²) >= 11 is 0. The first-order valence-electron chi connectivity index (χ1n) is 8.06. The van der Waals surface area contributed by atoms with Crippen LogP contribution < -0.4 is 11.1 Å². The van der Waals surface area contributed by atoms with Crippen LogP contribution in [0.1, 0.15) is 24.5 Å². The average Bonchev–Trinajstić information content (AvgIpc) is 3.06. The maximum atomic E-state index is 12.8. The highest BCUT2D eigenvalue weighted by atomic mass is 16.2. The van der Waals surface area contributed by atoms with Gasteiger partial charge in [0.15, 0.2) is 0 Å². The largest absolute Gasteiger partial charge is 0.340 e. The minimum absolute atomic E-state index is 0.0325. The van der Waals surface area contributed by atoms with Gasteiger partial charge < -0.3 is 16.0 Å². The second-order valence-corrected chi connectivity index (χ2v) is 6.70. The Labute approximate surface area is 140 Å². The van der Waals surface area contributed by atoms with Crippen molar-refractivity contribution in [2.24, 2.45) is 5.73 Å². The van der Waals surface area contributed by atoms with Crippen molar-refractivity contribution in [2.45, 2.75) is 31.8 Å². The van der Waals surface area contributed by atoms with E-state index in [4.69, 9.17) is 5.73 Å². The van der Waals surface area contributed by atoms with Gasteiger partial charge in [-0.15, -0.1) is 0 Å². The van der Waals surface area contributed by atoms with Gasteiger partial charge in [-0.2, -0.15) is 0 Å². The second kappa shape index (κ2) is 5.90. The van der Waals surface area contributed by atoms with Crippen molar-refractivity contribution in [1.29, 1.82) is 0 Å². The molecule has 2 heterocycles. The lowest BCUT2D eigenvalue weighted by Gasteiger charge is -2.23. The predicted octanol–water partition coefficient (Wildman–Crippen LogP) is 0.322. The van der Waals surface area contributed by atoms with Gasteiger partial charge in [-0.3, -0.25) is 14.5 Å². The Morgan fingerprint density at radius 3 is 2.58 bits per heavy atom. The number of aryl methyl sites for hydroxylation is 1. The van der Waals surface area contributed by atoms with Gasteiger partial charge in [0.1, 0.15) is 12.1 Å². The third kappa shape index (κ3) is 2.75. The molecule has 2 fully saturated rings. The molecule has 128 valence electrons. The van der Waals surface area contributed by atoms with Gasteiger partial charge in [0.05, 0.1) is 0 Å². The van der Waals surface area contributed by atoms with Crippen molar-refractivity contribution in [3.05, 3.63) is 35.4 Å². The van der Waals surface area contributed by atoms with Crippen molar-refractivity contribution in [2.75, 3.05) is 19.6 Å². The third-order valence-electron chi connectivity index (χ3n) is 4.77. The lowest BCUT2D eigenvalue weighted by Crippen LogP contribution is -2.44. The number of carbonyl (C=O) groups is 3. The van der Waals surface area contributed by atoms with Crippen LogP contribution in [0.5, 0.6) is 0 Å². The SMILES string of the molecule is Cc1ccc(C2(C)NC(=O)N(CC(=O)N3CC[C@@H](N)C3)C2=O)cc1. The van der Waals surface area contributed by atoms with Crippen molar-refractivity contribution in [3.8, 4) is 0 Å².